The molecule has 1 N–H and O–H groups in total. The standard InChI is InChI=1S/C21H37N5.HI/c1-5-25-14-16-26(17-15-25)13-7-6-12-23-21(22-3)24(4)18-20-10-8-19(2)9-11-20;/h8-11H,5-7,12-18H2,1-4H3,(H,22,23);1H. The fraction of sp³-hybridized carbons (Fsp3) is 0.667. The van der Waals surface area contributed by atoms with E-state index in [9.17, 15) is 0 Å². The van der Waals surface area contributed by atoms with Crippen LogP contribution in [0.5, 0.6) is 0 Å². The zero-order valence-corrected chi connectivity index (χ0v) is 19.9. The molecule has 0 radical (unpaired) electrons. The summed E-state index contributed by atoms with van der Waals surface area (Å²) in [4.78, 5) is 11.7. The Kier molecular flexibility index (Phi) is 11.9. The van der Waals surface area contributed by atoms with E-state index in [0.29, 0.717) is 0 Å². The number of unbranched alkanes of at least 4 members (excludes halogenated alkanes) is 1. The van der Waals surface area contributed by atoms with Gasteiger partial charge >= 0.3 is 0 Å². The number of hydrogen-bond donors (Lipinski definition) is 1. The van der Waals surface area contributed by atoms with Gasteiger partial charge in [-0.1, -0.05) is 36.8 Å². The lowest BCUT2D eigenvalue weighted by Crippen LogP contribution is -2.46. The third kappa shape index (κ3) is 8.79. The van der Waals surface area contributed by atoms with Crippen molar-refractivity contribution < 1.29 is 0 Å². The first-order chi connectivity index (χ1) is 12.6. The summed E-state index contributed by atoms with van der Waals surface area (Å²) in [5.41, 5.74) is 2.61. The smallest absolute Gasteiger partial charge is 0.193 e. The highest BCUT2D eigenvalue weighted by Gasteiger charge is 2.14. The van der Waals surface area contributed by atoms with Crippen LogP contribution in [0.25, 0.3) is 0 Å². The third-order valence-electron chi connectivity index (χ3n) is 5.21. The number of rotatable bonds is 8. The van der Waals surface area contributed by atoms with Crippen LogP contribution in [-0.2, 0) is 6.54 Å². The van der Waals surface area contributed by atoms with Crippen molar-refractivity contribution in [3.63, 3.8) is 0 Å². The second-order valence-electron chi connectivity index (χ2n) is 7.30. The van der Waals surface area contributed by atoms with Gasteiger partial charge < -0.3 is 20.0 Å². The van der Waals surface area contributed by atoms with Crippen LogP contribution in [-0.4, -0.2) is 80.6 Å². The number of guanidine groups is 1. The van der Waals surface area contributed by atoms with E-state index in [4.69, 9.17) is 0 Å². The van der Waals surface area contributed by atoms with Crippen molar-refractivity contribution in [2.75, 3.05) is 59.9 Å². The Balaban J connectivity index is 0.00000364. The van der Waals surface area contributed by atoms with Crippen molar-refractivity contribution in [1.29, 1.82) is 0 Å². The van der Waals surface area contributed by atoms with Crippen LogP contribution in [0.1, 0.15) is 30.9 Å². The molecule has 0 atom stereocenters. The van der Waals surface area contributed by atoms with E-state index in [-0.39, 0.29) is 24.0 Å². The Morgan fingerprint density at radius 2 is 1.70 bits per heavy atom. The predicted molar refractivity (Wildman–Crippen MR) is 127 cm³/mol. The van der Waals surface area contributed by atoms with Gasteiger partial charge in [0.25, 0.3) is 0 Å². The lowest BCUT2D eigenvalue weighted by atomic mass is 10.1. The highest BCUT2D eigenvalue weighted by molar-refractivity contribution is 14.0. The van der Waals surface area contributed by atoms with E-state index in [0.717, 1.165) is 19.0 Å². The average Bonchev–Trinajstić information content (AvgIpc) is 2.67. The molecule has 1 aromatic carbocycles. The molecule has 2 rings (SSSR count). The summed E-state index contributed by atoms with van der Waals surface area (Å²) in [6, 6.07) is 8.72. The molecule has 0 amide bonds. The lowest BCUT2D eigenvalue weighted by molar-refractivity contribution is 0.136. The summed E-state index contributed by atoms with van der Waals surface area (Å²) in [7, 11) is 3.96. The van der Waals surface area contributed by atoms with Crippen LogP contribution in [0, 0.1) is 6.92 Å². The topological polar surface area (TPSA) is 34.1 Å². The Labute approximate surface area is 183 Å². The molecular weight excluding hydrogens is 449 g/mol. The third-order valence-corrected chi connectivity index (χ3v) is 5.21. The van der Waals surface area contributed by atoms with Crippen LogP contribution in [0.3, 0.4) is 0 Å². The molecule has 6 heteroatoms. The Morgan fingerprint density at radius 1 is 1.07 bits per heavy atom. The predicted octanol–water partition coefficient (Wildman–Crippen LogP) is 3.04. The van der Waals surface area contributed by atoms with Gasteiger partial charge in [-0.25, -0.2) is 0 Å². The molecule has 27 heavy (non-hydrogen) atoms. The van der Waals surface area contributed by atoms with E-state index in [1.807, 2.05) is 7.05 Å². The van der Waals surface area contributed by atoms with Gasteiger partial charge in [-0.15, -0.1) is 24.0 Å². The van der Waals surface area contributed by atoms with Gasteiger partial charge in [0.1, 0.15) is 0 Å². The number of aliphatic imine (C=N–C) groups is 1. The van der Waals surface area contributed by atoms with Crippen LogP contribution >= 0.6 is 24.0 Å². The zero-order valence-electron chi connectivity index (χ0n) is 17.6. The van der Waals surface area contributed by atoms with Crippen LogP contribution in [0.4, 0.5) is 0 Å². The van der Waals surface area contributed by atoms with Crippen molar-refractivity contribution in [1.82, 2.24) is 20.0 Å². The molecule has 0 saturated carbocycles. The normalized spacial score (nSPS) is 16.1. The summed E-state index contributed by atoms with van der Waals surface area (Å²) >= 11 is 0. The Morgan fingerprint density at radius 3 is 2.30 bits per heavy atom. The van der Waals surface area contributed by atoms with E-state index in [2.05, 4.69) is 70.2 Å². The molecule has 0 spiro atoms. The second kappa shape index (κ2) is 13.3. The molecule has 1 aliphatic heterocycles. The number of nitrogens with one attached hydrogen (secondary N) is 1. The molecule has 0 unspecified atom stereocenters. The summed E-state index contributed by atoms with van der Waals surface area (Å²) in [6.07, 6.45) is 2.43. The fourth-order valence-electron chi connectivity index (χ4n) is 3.42. The number of nitrogens with zero attached hydrogens (tertiary/aromatic N) is 4. The van der Waals surface area contributed by atoms with Gasteiger partial charge in [-0.3, -0.25) is 4.99 Å². The summed E-state index contributed by atoms with van der Waals surface area (Å²) in [5, 5.41) is 3.50. The minimum absolute atomic E-state index is 0. The van der Waals surface area contributed by atoms with Crippen LogP contribution in [0.15, 0.2) is 29.3 Å². The highest BCUT2D eigenvalue weighted by atomic mass is 127. The lowest BCUT2D eigenvalue weighted by Gasteiger charge is -2.34. The fourth-order valence-corrected chi connectivity index (χ4v) is 3.42. The molecule has 1 heterocycles. The van der Waals surface area contributed by atoms with Gasteiger partial charge in [0, 0.05) is 53.4 Å². The summed E-state index contributed by atoms with van der Waals surface area (Å²) in [5.74, 6) is 0.974. The first-order valence-corrected chi connectivity index (χ1v) is 10.0. The monoisotopic (exact) mass is 487 g/mol. The molecule has 5 nitrogen and oxygen atoms in total. The average molecular weight is 487 g/mol. The molecule has 0 aliphatic carbocycles. The number of halogens is 1. The Hall–Kier alpha value is -0.860. The SMILES string of the molecule is CCN1CCN(CCCCNC(=NC)N(C)Cc2ccc(C)cc2)CC1.I. The highest BCUT2D eigenvalue weighted by Crippen LogP contribution is 2.06. The first-order valence-electron chi connectivity index (χ1n) is 10.0. The second-order valence-corrected chi connectivity index (χ2v) is 7.30. The molecule has 154 valence electrons. The van der Waals surface area contributed by atoms with Crippen molar-refractivity contribution in [3.8, 4) is 0 Å². The number of benzene rings is 1. The van der Waals surface area contributed by atoms with Crippen molar-refractivity contribution in [2.45, 2.75) is 33.2 Å². The molecule has 1 aromatic rings. The van der Waals surface area contributed by atoms with E-state index >= 15 is 0 Å². The summed E-state index contributed by atoms with van der Waals surface area (Å²) < 4.78 is 0. The van der Waals surface area contributed by atoms with Gasteiger partial charge in [0.2, 0.25) is 0 Å². The van der Waals surface area contributed by atoms with Crippen molar-refractivity contribution >= 4 is 29.9 Å². The molecule has 1 fully saturated rings. The number of piperazine rings is 1. The minimum Gasteiger partial charge on any atom is -0.356 e. The van der Waals surface area contributed by atoms with E-state index < -0.39 is 0 Å². The number of likely N-dealkylation sites (N-methyl/N-ethyl adjacent to an activating group) is 1. The number of aryl methyl sites for hydroxylation is 1. The molecule has 1 aliphatic rings. The quantitative estimate of drug-likeness (QED) is 0.265. The largest absolute Gasteiger partial charge is 0.356 e. The molecule has 0 aromatic heterocycles. The van der Waals surface area contributed by atoms with Gasteiger partial charge in [0.05, 0.1) is 0 Å². The van der Waals surface area contributed by atoms with Crippen molar-refractivity contribution in [3.05, 3.63) is 35.4 Å². The summed E-state index contributed by atoms with van der Waals surface area (Å²) in [6.45, 7) is 13.5. The minimum atomic E-state index is 0. The number of hydrogen-bond acceptors (Lipinski definition) is 3. The van der Waals surface area contributed by atoms with Gasteiger partial charge in [-0.2, -0.15) is 0 Å². The van der Waals surface area contributed by atoms with Gasteiger partial charge in [0.15, 0.2) is 5.96 Å². The first kappa shape index (κ1) is 24.2. The van der Waals surface area contributed by atoms with E-state index in [1.165, 1.54) is 63.2 Å². The molecular formula is C21H38IN5. The molecule has 0 bridgehead atoms. The van der Waals surface area contributed by atoms with Crippen LogP contribution in [0.2, 0.25) is 0 Å². The zero-order chi connectivity index (χ0) is 18.8. The van der Waals surface area contributed by atoms with E-state index in [1.54, 1.807) is 0 Å². The maximum Gasteiger partial charge on any atom is 0.193 e. The maximum atomic E-state index is 4.42. The van der Waals surface area contributed by atoms with Crippen molar-refractivity contribution in [2.24, 2.45) is 4.99 Å². The molecule has 1 saturated heterocycles. The van der Waals surface area contributed by atoms with Gasteiger partial charge in [-0.05, 0) is 38.4 Å². The Bertz CT molecular complexity index is 538. The maximum absolute atomic E-state index is 4.42. The van der Waals surface area contributed by atoms with Crippen LogP contribution < -0.4 is 5.32 Å².